The molecular weight excluding hydrogens is 235 g/mol. The minimum atomic E-state index is -0.240. The van der Waals surface area contributed by atoms with E-state index in [-0.39, 0.29) is 11.6 Å². The number of thiophene rings is 1. The van der Waals surface area contributed by atoms with Gasteiger partial charge in [-0.1, -0.05) is 18.9 Å². The van der Waals surface area contributed by atoms with E-state index in [2.05, 4.69) is 0 Å². The van der Waals surface area contributed by atoms with E-state index >= 15 is 0 Å². The number of carbonyl (C=O) groups excluding carboxylic acids is 1. The lowest BCUT2D eigenvalue weighted by atomic mass is 10.1. The van der Waals surface area contributed by atoms with Crippen molar-refractivity contribution in [1.29, 1.82) is 0 Å². The second-order valence-corrected chi connectivity index (χ2v) is 5.78. The molecule has 2 aromatic rings. The molecule has 0 aliphatic heterocycles. The molecule has 0 amide bonds. The van der Waals surface area contributed by atoms with Crippen molar-refractivity contribution in [1.82, 2.24) is 0 Å². The van der Waals surface area contributed by atoms with E-state index in [1.165, 1.54) is 36.3 Å². The molecule has 3 rings (SSSR count). The quantitative estimate of drug-likeness (QED) is 0.732. The first kappa shape index (κ1) is 10.9. The third kappa shape index (κ3) is 2.39. The lowest BCUT2D eigenvalue weighted by molar-refractivity contribution is 0.0982. The van der Waals surface area contributed by atoms with Crippen molar-refractivity contribution < 1.29 is 9.18 Å². The van der Waals surface area contributed by atoms with Crippen LogP contribution in [0.5, 0.6) is 0 Å². The van der Waals surface area contributed by atoms with Crippen molar-refractivity contribution in [2.75, 3.05) is 0 Å². The van der Waals surface area contributed by atoms with Crippen LogP contribution in [0.4, 0.5) is 4.39 Å². The molecule has 0 bridgehead atoms. The van der Waals surface area contributed by atoms with Gasteiger partial charge in [-0.05, 0) is 35.9 Å². The zero-order valence-electron chi connectivity index (χ0n) is 9.41. The van der Waals surface area contributed by atoms with Gasteiger partial charge in [0.1, 0.15) is 5.82 Å². The summed E-state index contributed by atoms with van der Waals surface area (Å²) < 4.78 is 13.9. The minimum Gasteiger partial charge on any atom is -0.293 e. The van der Waals surface area contributed by atoms with Gasteiger partial charge in [-0.3, -0.25) is 4.79 Å². The molecule has 1 fully saturated rings. The summed E-state index contributed by atoms with van der Waals surface area (Å²) in [7, 11) is 0. The smallest absolute Gasteiger partial charge is 0.172 e. The van der Waals surface area contributed by atoms with E-state index in [4.69, 9.17) is 0 Å². The molecule has 0 spiro atoms. The zero-order chi connectivity index (χ0) is 11.8. The predicted octanol–water partition coefficient (Wildman–Crippen LogP) is 4.41. The average Bonchev–Trinajstić information content (AvgIpc) is 3.04. The third-order valence-electron chi connectivity index (χ3n) is 3.23. The molecule has 1 nitrogen and oxygen atoms in total. The molecular formula is C14H13FOS. The van der Waals surface area contributed by atoms with E-state index in [9.17, 15) is 9.18 Å². The molecule has 1 heterocycles. The normalized spacial score (nSPS) is 15.4. The molecule has 17 heavy (non-hydrogen) atoms. The number of fused-ring (bicyclic) bond motifs is 1. The summed E-state index contributed by atoms with van der Waals surface area (Å²) in [5, 5.41) is 0.964. The van der Waals surface area contributed by atoms with Gasteiger partial charge >= 0.3 is 0 Å². The maximum atomic E-state index is 13.0. The number of rotatable bonds is 4. The fourth-order valence-electron chi connectivity index (χ4n) is 2.01. The Kier molecular flexibility index (Phi) is 2.71. The second kappa shape index (κ2) is 4.22. The van der Waals surface area contributed by atoms with Gasteiger partial charge in [-0.25, -0.2) is 4.39 Å². The van der Waals surface area contributed by atoms with Crippen molar-refractivity contribution >= 4 is 27.2 Å². The van der Waals surface area contributed by atoms with E-state index < -0.39 is 0 Å². The number of carbonyl (C=O) groups is 1. The molecule has 0 unspecified atom stereocenters. The van der Waals surface area contributed by atoms with Crippen molar-refractivity contribution in [3.8, 4) is 0 Å². The summed E-state index contributed by atoms with van der Waals surface area (Å²) in [4.78, 5) is 12.7. The molecule has 1 aromatic carbocycles. The molecule has 0 radical (unpaired) electrons. The Bertz CT molecular complexity index is 569. The molecule has 0 saturated heterocycles. The van der Waals surface area contributed by atoms with Crippen molar-refractivity contribution in [3.05, 3.63) is 35.0 Å². The Balaban J connectivity index is 1.81. The van der Waals surface area contributed by atoms with Crippen LogP contribution in [0.25, 0.3) is 10.1 Å². The molecule has 1 aliphatic rings. The van der Waals surface area contributed by atoms with Crippen LogP contribution in [-0.2, 0) is 0 Å². The molecule has 1 saturated carbocycles. The molecule has 1 aromatic heterocycles. The number of hydrogen-bond acceptors (Lipinski definition) is 2. The highest BCUT2D eigenvalue weighted by Gasteiger charge is 2.22. The lowest BCUT2D eigenvalue weighted by Gasteiger charge is -1.95. The summed E-state index contributed by atoms with van der Waals surface area (Å²) in [6.07, 6.45) is 4.22. The lowest BCUT2D eigenvalue weighted by Crippen LogP contribution is -1.95. The van der Waals surface area contributed by atoms with Crippen LogP contribution in [0, 0.1) is 11.7 Å². The minimum absolute atomic E-state index is 0.207. The summed E-state index contributed by atoms with van der Waals surface area (Å²) in [5.74, 6) is 0.751. The van der Waals surface area contributed by atoms with Crippen LogP contribution in [-0.4, -0.2) is 5.78 Å². The number of hydrogen-bond donors (Lipinski definition) is 0. The topological polar surface area (TPSA) is 17.1 Å². The predicted molar refractivity (Wildman–Crippen MR) is 68.1 cm³/mol. The summed E-state index contributed by atoms with van der Waals surface area (Å²) in [6.45, 7) is 0. The van der Waals surface area contributed by atoms with Gasteiger partial charge in [0.2, 0.25) is 0 Å². The van der Waals surface area contributed by atoms with Crippen LogP contribution in [0.15, 0.2) is 24.3 Å². The van der Waals surface area contributed by atoms with E-state index in [1.54, 1.807) is 6.07 Å². The zero-order valence-corrected chi connectivity index (χ0v) is 10.2. The Morgan fingerprint density at radius 1 is 1.35 bits per heavy atom. The molecule has 88 valence electrons. The van der Waals surface area contributed by atoms with Crippen molar-refractivity contribution in [2.24, 2.45) is 5.92 Å². The Morgan fingerprint density at radius 2 is 2.18 bits per heavy atom. The van der Waals surface area contributed by atoms with Crippen molar-refractivity contribution in [3.63, 3.8) is 0 Å². The standard InChI is InChI=1S/C14H13FOS/c15-11-5-4-10-7-14(17-13(10)8-11)12(16)6-3-9-1-2-9/h4-5,7-9H,1-3,6H2. The van der Waals surface area contributed by atoms with Crippen LogP contribution >= 0.6 is 11.3 Å². The van der Waals surface area contributed by atoms with Gasteiger partial charge in [0, 0.05) is 11.1 Å². The van der Waals surface area contributed by atoms with Crippen molar-refractivity contribution in [2.45, 2.75) is 25.7 Å². The fraction of sp³-hybridized carbons (Fsp3) is 0.357. The monoisotopic (exact) mass is 248 g/mol. The van der Waals surface area contributed by atoms with Crippen LogP contribution < -0.4 is 0 Å². The summed E-state index contributed by atoms with van der Waals surface area (Å²) in [5.41, 5.74) is 0. The van der Waals surface area contributed by atoms with E-state index in [0.29, 0.717) is 6.42 Å². The molecule has 0 N–H and O–H groups in total. The largest absolute Gasteiger partial charge is 0.293 e. The highest BCUT2D eigenvalue weighted by Crippen LogP contribution is 2.35. The first-order valence-corrected chi connectivity index (χ1v) is 6.76. The molecule has 0 atom stereocenters. The van der Waals surface area contributed by atoms with Gasteiger partial charge in [0.25, 0.3) is 0 Å². The van der Waals surface area contributed by atoms with Crippen LogP contribution in [0.2, 0.25) is 0 Å². The Labute approximate surface area is 103 Å². The fourth-order valence-corrected chi connectivity index (χ4v) is 3.06. The summed E-state index contributed by atoms with van der Waals surface area (Å²) in [6, 6.07) is 6.55. The molecule has 3 heteroatoms. The van der Waals surface area contributed by atoms with Gasteiger partial charge in [-0.15, -0.1) is 11.3 Å². The Hall–Kier alpha value is -1.22. The molecule has 1 aliphatic carbocycles. The van der Waals surface area contributed by atoms with E-state index in [0.717, 1.165) is 27.3 Å². The average molecular weight is 248 g/mol. The summed E-state index contributed by atoms with van der Waals surface area (Å²) >= 11 is 1.40. The third-order valence-corrected chi connectivity index (χ3v) is 4.37. The van der Waals surface area contributed by atoms with Gasteiger partial charge < -0.3 is 0 Å². The van der Waals surface area contributed by atoms with Crippen LogP contribution in [0.3, 0.4) is 0 Å². The maximum absolute atomic E-state index is 13.0. The number of Topliss-reactive ketones (excluding diaryl/α,β-unsaturated/α-hetero) is 1. The van der Waals surface area contributed by atoms with Crippen LogP contribution in [0.1, 0.15) is 35.4 Å². The van der Waals surface area contributed by atoms with Gasteiger partial charge in [0.15, 0.2) is 5.78 Å². The van der Waals surface area contributed by atoms with Gasteiger partial charge in [-0.2, -0.15) is 0 Å². The number of benzene rings is 1. The maximum Gasteiger partial charge on any atom is 0.172 e. The number of halogens is 1. The SMILES string of the molecule is O=C(CCC1CC1)c1cc2ccc(F)cc2s1. The first-order chi connectivity index (χ1) is 8.22. The second-order valence-electron chi connectivity index (χ2n) is 4.70. The number of ketones is 1. The highest BCUT2D eigenvalue weighted by atomic mass is 32.1. The Morgan fingerprint density at radius 3 is 2.94 bits per heavy atom. The van der Waals surface area contributed by atoms with E-state index in [1.807, 2.05) is 6.07 Å². The highest BCUT2D eigenvalue weighted by molar-refractivity contribution is 7.20. The van der Waals surface area contributed by atoms with Gasteiger partial charge in [0.05, 0.1) is 4.88 Å². The first-order valence-electron chi connectivity index (χ1n) is 5.95.